The lowest BCUT2D eigenvalue weighted by Gasteiger charge is -2.18. The largest absolute Gasteiger partial charge is 0.462 e. The summed E-state index contributed by atoms with van der Waals surface area (Å²) in [7, 11) is 0. The Morgan fingerprint density at radius 3 is 0.921 bits per heavy atom. The molecular formula is C57H88O6. The van der Waals surface area contributed by atoms with E-state index in [0.717, 1.165) is 141 Å². The SMILES string of the molecule is CC/C=C\C/C=C\C/C=C\C/C=C\CCCCCCC(=O)OCC(COC(=O)CCCCC/C=C\C/C=C\C/C=C\CC)OC(=O)CCCC/C=C\C/C=C\C/C=C\C/C=C\CC. The molecular weight excluding hydrogens is 781 g/mol. The van der Waals surface area contributed by atoms with Gasteiger partial charge in [0.05, 0.1) is 0 Å². The maximum atomic E-state index is 12.8. The molecule has 0 aromatic rings. The molecule has 0 saturated heterocycles. The van der Waals surface area contributed by atoms with Crippen LogP contribution in [-0.4, -0.2) is 37.2 Å². The molecule has 352 valence electrons. The highest BCUT2D eigenvalue weighted by atomic mass is 16.6. The minimum atomic E-state index is -0.826. The van der Waals surface area contributed by atoms with Gasteiger partial charge in [0.15, 0.2) is 6.10 Å². The number of hydrogen-bond donors (Lipinski definition) is 0. The van der Waals surface area contributed by atoms with Crippen LogP contribution in [0.25, 0.3) is 0 Å². The molecule has 0 bridgehead atoms. The van der Waals surface area contributed by atoms with E-state index in [1.54, 1.807) is 0 Å². The summed E-state index contributed by atoms with van der Waals surface area (Å²) < 4.78 is 16.7. The van der Waals surface area contributed by atoms with Gasteiger partial charge in [-0.05, 0) is 128 Å². The smallest absolute Gasteiger partial charge is 0.306 e. The van der Waals surface area contributed by atoms with Gasteiger partial charge in [-0.25, -0.2) is 0 Å². The predicted molar refractivity (Wildman–Crippen MR) is 269 cm³/mol. The van der Waals surface area contributed by atoms with Gasteiger partial charge < -0.3 is 14.2 Å². The van der Waals surface area contributed by atoms with E-state index in [-0.39, 0.29) is 37.5 Å². The van der Waals surface area contributed by atoms with E-state index < -0.39 is 6.10 Å². The van der Waals surface area contributed by atoms with Crippen LogP contribution in [0.1, 0.15) is 188 Å². The van der Waals surface area contributed by atoms with Crippen molar-refractivity contribution >= 4 is 17.9 Å². The lowest BCUT2D eigenvalue weighted by molar-refractivity contribution is -0.167. The summed E-state index contributed by atoms with van der Waals surface area (Å²) in [5.41, 5.74) is 0. The van der Waals surface area contributed by atoms with Gasteiger partial charge in [0, 0.05) is 19.3 Å². The van der Waals surface area contributed by atoms with Crippen molar-refractivity contribution in [3.8, 4) is 0 Å². The minimum Gasteiger partial charge on any atom is -0.462 e. The van der Waals surface area contributed by atoms with Crippen LogP contribution in [0.15, 0.2) is 134 Å². The number of esters is 3. The first-order chi connectivity index (χ1) is 31.0. The number of allylic oxidation sites excluding steroid dienone is 22. The third-order valence-corrected chi connectivity index (χ3v) is 9.63. The van der Waals surface area contributed by atoms with Crippen molar-refractivity contribution in [2.45, 2.75) is 194 Å². The highest BCUT2D eigenvalue weighted by molar-refractivity contribution is 5.71. The van der Waals surface area contributed by atoms with E-state index >= 15 is 0 Å². The number of rotatable bonds is 42. The molecule has 0 heterocycles. The Kier molecular flexibility index (Phi) is 46.7. The predicted octanol–water partition coefficient (Wildman–Crippen LogP) is 16.3. The van der Waals surface area contributed by atoms with Gasteiger partial charge in [-0.3, -0.25) is 14.4 Å². The first kappa shape index (κ1) is 58.6. The fourth-order valence-corrected chi connectivity index (χ4v) is 6.02. The Bertz CT molecular complexity index is 1420. The molecule has 6 heteroatoms. The maximum Gasteiger partial charge on any atom is 0.306 e. The molecule has 1 atom stereocenters. The second kappa shape index (κ2) is 50.2. The molecule has 0 aromatic carbocycles. The molecule has 63 heavy (non-hydrogen) atoms. The van der Waals surface area contributed by atoms with Gasteiger partial charge in [0.2, 0.25) is 0 Å². The van der Waals surface area contributed by atoms with Crippen molar-refractivity contribution < 1.29 is 28.6 Å². The van der Waals surface area contributed by atoms with Crippen molar-refractivity contribution in [2.24, 2.45) is 0 Å². The molecule has 0 radical (unpaired) electrons. The summed E-state index contributed by atoms with van der Waals surface area (Å²) in [6, 6.07) is 0. The Morgan fingerprint density at radius 1 is 0.317 bits per heavy atom. The summed E-state index contributed by atoms with van der Waals surface area (Å²) in [5.74, 6) is -1.03. The van der Waals surface area contributed by atoms with Crippen molar-refractivity contribution in [3.05, 3.63) is 134 Å². The molecule has 0 aromatic heterocycles. The van der Waals surface area contributed by atoms with Gasteiger partial charge in [-0.15, -0.1) is 0 Å². The van der Waals surface area contributed by atoms with Crippen LogP contribution in [0, 0.1) is 0 Å². The highest BCUT2D eigenvalue weighted by Crippen LogP contribution is 2.11. The number of ether oxygens (including phenoxy) is 3. The molecule has 0 N–H and O–H groups in total. The van der Waals surface area contributed by atoms with E-state index in [1.807, 2.05) is 0 Å². The van der Waals surface area contributed by atoms with E-state index in [2.05, 4.69) is 154 Å². The average Bonchev–Trinajstić information content (AvgIpc) is 3.28. The number of carbonyl (C=O) groups excluding carboxylic acids is 3. The summed E-state index contributed by atoms with van der Waals surface area (Å²) in [6.45, 7) is 6.18. The van der Waals surface area contributed by atoms with Crippen LogP contribution in [0.2, 0.25) is 0 Å². The van der Waals surface area contributed by atoms with Crippen molar-refractivity contribution in [1.82, 2.24) is 0 Å². The van der Waals surface area contributed by atoms with Crippen molar-refractivity contribution in [1.29, 1.82) is 0 Å². The normalized spacial score (nSPS) is 13.3. The summed E-state index contributed by atoms with van der Waals surface area (Å²) in [5, 5.41) is 0. The number of hydrogen-bond acceptors (Lipinski definition) is 6. The van der Waals surface area contributed by atoms with Gasteiger partial charge >= 0.3 is 17.9 Å². The third kappa shape index (κ3) is 48.4. The van der Waals surface area contributed by atoms with E-state index in [1.165, 1.54) is 0 Å². The van der Waals surface area contributed by atoms with E-state index in [4.69, 9.17) is 14.2 Å². The first-order valence-electron chi connectivity index (χ1n) is 24.7. The van der Waals surface area contributed by atoms with Crippen LogP contribution >= 0.6 is 0 Å². The highest BCUT2D eigenvalue weighted by Gasteiger charge is 2.19. The second-order valence-electron chi connectivity index (χ2n) is 15.6. The Hall–Kier alpha value is -4.45. The van der Waals surface area contributed by atoms with Crippen LogP contribution in [0.5, 0.6) is 0 Å². The molecule has 1 unspecified atom stereocenters. The van der Waals surface area contributed by atoms with Crippen LogP contribution in [0.3, 0.4) is 0 Å². The van der Waals surface area contributed by atoms with Gasteiger partial charge in [0.1, 0.15) is 13.2 Å². The molecule has 0 aliphatic heterocycles. The second-order valence-corrected chi connectivity index (χ2v) is 15.6. The van der Waals surface area contributed by atoms with Crippen LogP contribution in [0.4, 0.5) is 0 Å². The monoisotopic (exact) mass is 869 g/mol. The topological polar surface area (TPSA) is 78.9 Å². The standard InChI is InChI=1S/C57H88O6/c1-4-7-10-13-16-19-22-25-27-28-30-32-35-38-41-44-47-50-56(59)62-53-54(52-61-55(58)49-46-43-40-37-34-31-24-21-18-15-12-9-6-3)63-57(60)51-48-45-42-39-36-33-29-26-23-20-17-14-11-8-5-2/h7-12,16-21,25-27,29-32,34,36,39,54H,4-6,13-15,22-24,28,33,35,37-38,40-53H2,1-3H3/b10-7-,11-8-,12-9-,19-16-,20-17-,21-18-,27-25-,29-26-,32-30-,34-31-,39-36-. The third-order valence-electron chi connectivity index (χ3n) is 9.63. The van der Waals surface area contributed by atoms with E-state index in [0.29, 0.717) is 19.3 Å². The summed E-state index contributed by atoms with van der Waals surface area (Å²) >= 11 is 0. The van der Waals surface area contributed by atoms with Crippen molar-refractivity contribution in [3.63, 3.8) is 0 Å². The quantitative estimate of drug-likeness (QED) is 0.0263. The van der Waals surface area contributed by atoms with Crippen LogP contribution in [-0.2, 0) is 28.6 Å². The molecule has 0 saturated carbocycles. The zero-order valence-corrected chi connectivity index (χ0v) is 40.0. The Labute approximate surface area is 385 Å². The first-order valence-corrected chi connectivity index (χ1v) is 24.7. The minimum absolute atomic E-state index is 0.122. The average molecular weight is 869 g/mol. The maximum absolute atomic E-state index is 12.8. The molecule has 0 rings (SSSR count). The molecule has 0 spiro atoms. The Morgan fingerprint density at radius 2 is 0.571 bits per heavy atom. The molecule has 0 fully saturated rings. The van der Waals surface area contributed by atoms with Gasteiger partial charge in [-0.2, -0.15) is 0 Å². The lowest BCUT2D eigenvalue weighted by Crippen LogP contribution is -2.30. The fraction of sp³-hybridized carbons (Fsp3) is 0.561. The zero-order valence-electron chi connectivity index (χ0n) is 40.0. The lowest BCUT2D eigenvalue weighted by atomic mass is 10.1. The molecule has 0 amide bonds. The van der Waals surface area contributed by atoms with Gasteiger partial charge in [-0.1, -0.05) is 174 Å². The fourth-order valence-electron chi connectivity index (χ4n) is 6.02. The van der Waals surface area contributed by atoms with Crippen molar-refractivity contribution in [2.75, 3.05) is 13.2 Å². The van der Waals surface area contributed by atoms with Gasteiger partial charge in [0.25, 0.3) is 0 Å². The van der Waals surface area contributed by atoms with Crippen LogP contribution < -0.4 is 0 Å². The summed E-state index contributed by atoms with van der Waals surface area (Å²) in [6.07, 6.45) is 70.1. The number of carbonyl (C=O) groups is 3. The van der Waals surface area contributed by atoms with E-state index in [9.17, 15) is 14.4 Å². The zero-order chi connectivity index (χ0) is 45.8. The molecule has 0 aliphatic carbocycles. The summed E-state index contributed by atoms with van der Waals surface area (Å²) in [4.78, 5) is 37.9. The number of unbranched alkanes of at least 4 members (excludes halogenated alkanes) is 9. The molecule has 0 aliphatic rings. The molecule has 6 nitrogen and oxygen atoms in total. The Balaban J connectivity index is 4.57.